The fourth-order valence-electron chi connectivity index (χ4n) is 0.972. The van der Waals surface area contributed by atoms with Crippen molar-refractivity contribution >= 4 is 17.4 Å². The number of nitrogens with zero attached hydrogens (tertiary/aromatic N) is 1. The Morgan fingerprint density at radius 3 is 2.82 bits per heavy atom. The van der Waals surface area contributed by atoms with Gasteiger partial charge in [-0.1, -0.05) is 17.7 Å². The van der Waals surface area contributed by atoms with Crippen LogP contribution < -0.4 is 4.74 Å². The van der Waals surface area contributed by atoms with Crippen molar-refractivity contribution in [3.63, 3.8) is 0 Å². The van der Waals surface area contributed by atoms with E-state index in [1.807, 2.05) is 0 Å². The van der Waals surface area contributed by atoms with E-state index >= 15 is 0 Å². The standard InChI is InChI=1S/C11H12ClNO2.C2H4/c1-2-3-5-9(14)8-15-10-6-4-7-13-11(10)12;1-2/h2,4,6-7H,1,3,5,8H2;1-2H2. The smallest absolute Gasteiger partial charge is 0.171 e. The molecular weight excluding hydrogens is 238 g/mol. The Morgan fingerprint density at radius 1 is 1.53 bits per heavy atom. The topological polar surface area (TPSA) is 39.2 Å². The zero-order valence-electron chi connectivity index (χ0n) is 9.69. The van der Waals surface area contributed by atoms with Crippen LogP contribution in [0.3, 0.4) is 0 Å². The average molecular weight is 254 g/mol. The highest BCUT2D eigenvalue weighted by atomic mass is 35.5. The summed E-state index contributed by atoms with van der Waals surface area (Å²) in [6.45, 7) is 9.57. The molecular formula is C13H16ClNO2. The van der Waals surface area contributed by atoms with Crippen LogP contribution in [0, 0.1) is 0 Å². The predicted octanol–water partition coefficient (Wildman–Crippen LogP) is 3.45. The number of allylic oxidation sites excluding steroid dienone is 1. The lowest BCUT2D eigenvalue weighted by atomic mass is 10.2. The van der Waals surface area contributed by atoms with Crippen LogP contribution in [0.25, 0.3) is 0 Å². The third-order valence-corrected chi connectivity index (χ3v) is 2.02. The second-order valence-electron chi connectivity index (χ2n) is 2.95. The summed E-state index contributed by atoms with van der Waals surface area (Å²) in [5, 5.41) is 0.272. The van der Waals surface area contributed by atoms with E-state index in [1.165, 1.54) is 0 Å². The van der Waals surface area contributed by atoms with Crippen molar-refractivity contribution in [1.82, 2.24) is 4.98 Å². The summed E-state index contributed by atoms with van der Waals surface area (Å²) < 4.78 is 5.22. The number of aromatic nitrogens is 1. The maximum atomic E-state index is 11.3. The van der Waals surface area contributed by atoms with E-state index in [0.717, 1.165) is 0 Å². The molecule has 0 atom stereocenters. The monoisotopic (exact) mass is 253 g/mol. The van der Waals surface area contributed by atoms with Crippen LogP contribution in [0.4, 0.5) is 0 Å². The van der Waals surface area contributed by atoms with Crippen LogP contribution >= 0.6 is 11.6 Å². The Morgan fingerprint density at radius 2 is 2.24 bits per heavy atom. The van der Waals surface area contributed by atoms with E-state index in [-0.39, 0.29) is 17.5 Å². The van der Waals surface area contributed by atoms with Crippen LogP contribution in [-0.2, 0) is 4.79 Å². The Hall–Kier alpha value is -1.61. The van der Waals surface area contributed by atoms with Gasteiger partial charge in [0, 0.05) is 12.6 Å². The average Bonchev–Trinajstić information content (AvgIpc) is 2.38. The second kappa shape index (κ2) is 9.60. The summed E-state index contributed by atoms with van der Waals surface area (Å²) >= 11 is 5.75. The molecule has 0 spiro atoms. The minimum atomic E-state index is 0.0230. The SMILES string of the molecule is C=C.C=CCCC(=O)COc1cccnc1Cl. The molecule has 0 N–H and O–H groups in total. The van der Waals surface area contributed by atoms with Gasteiger partial charge in [0.1, 0.15) is 6.61 Å². The maximum Gasteiger partial charge on any atom is 0.171 e. The van der Waals surface area contributed by atoms with Crippen LogP contribution in [0.15, 0.2) is 44.1 Å². The molecule has 0 aliphatic heterocycles. The van der Waals surface area contributed by atoms with Gasteiger partial charge >= 0.3 is 0 Å². The summed E-state index contributed by atoms with van der Waals surface area (Å²) in [5.74, 6) is 0.459. The van der Waals surface area contributed by atoms with Crippen molar-refractivity contribution in [3.05, 3.63) is 49.3 Å². The number of carbonyl (C=O) groups is 1. The van der Waals surface area contributed by atoms with E-state index < -0.39 is 0 Å². The van der Waals surface area contributed by atoms with Crippen molar-refractivity contribution in [2.24, 2.45) is 0 Å². The lowest BCUT2D eigenvalue weighted by Gasteiger charge is -2.05. The fraction of sp³-hybridized carbons (Fsp3) is 0.231. The molecule has 0 saturated carbocycles. The molecule has 0 unspecified atom stereocenters. The van der Waals surface area contributed by atoms with E-state index in [4.69, 9.17) is 16.3 Å². The highest BCUT2D eigenvalue weighted by Crippen LogP contribution is 2.20. The Bertz CT molecular complexity index is 366. The van der Waals surface area contributed by atoms with Crippen LogP contribution in [-0.4, -0.2) is 17.4 Å². The molecule has 1 heterocycles. The van der Waals surface area contributed by atoms with E-state index in [9.17, 15) is 4.79 Å². The summed E-state index contributed by atoms with van der Waals surface area (Å²) in [4.78, 5) is 15.1. The molecule has 4 heteroatoms. The van der Waals surface area contributed by atoms with Crippen molar-refractivity contribution in [2.75, 3.05) is 6.61 Å². The van der Waals surface area contributed by atoms with Crippen LogP contribution in [0.1, 0.15) is 12.8 Å². The highest BCUT2D eigenvalue weighted by molar-refractivity contribution is 6.30. The number of rotatable bonds is 6. The zero-order chi connectivity index (χ0) is 13.1. The first-order valence-corrected chi connectivity index (χ1v) is 5.47. The zero-order valence-corrected chi connectivity index (χ0v) is 10.4. The highest BCUT2D eigenvalue weighted by Gasteiger charge is 2.05. The van der Waals surface area contributed by atoms with Crippen LogP contribution in [0.5, 0.6) is 5.75 Å². The second-order valence-corrected chi connectivity index (χ2v) is 3.31. The summed E-state index contributed by atoms with van der Waals surface area (Å²) in [6.07, 6.45) is 4.38. The van der Waals surface area contributed by atoms with Gasteiger partial charge in [0.2, 0.25) is 0 Å². The molecule has 0 amide bonds. The van der Waals surface area contributed by atoms with Gasteiger partial charge in [-0.15, -0.1) is 19.7 Å². The molecule has 0 aromatic carbocycles. The van der Waals surface area contributed by atoms with Gasteiger partial charge in [-0.2, -0.15) is 0 Å². The van der Waals surface area contributed by atoms with Gasteiger partial charge in [-0.05, 0) is 18.6 Å². The van der Waals surface area contributed by atoms with Gasteiger partial charge in [0.25, 0.3) is 0 Å². The third kappa shape index (κ3) is 6.53. The van der Waals surface area contributed by atoms with Gasteiger partial charge in [0.15, 0.2) is 16.7 Å². The number of ketones is 1. The summed E-state index contributed by atoms with van der Waals surface area (Å²) in [5.41, 5.74) is 0. The number of ether oxygens (including phenoxy) is 1. The predicted molar refractivity (Wildman–Crippen MR) is 70.4 cm³/mol. The Balaban J connectivity index is 0.00000121. The first-order chi connectivity index (χ1) is 8.24. The first-order valence-electron chi connectivity index (χ1n) is 5.10. The lowest BCUT2D eigenvalue weighted by molar-refractivity contribution is -0.120. The van der Waals surface area contributed by atoms with E-state index in [1.54, 1.807) is 24.4 Å². The maximum absolute atomic E-state index is 11.3. The minimum Gasteiger partial charge on any atom is -0.483 e. The van der Waals surface area contributed by atoms with Gasteiger partial charge in [-0.3, -0.25) is 4.79 Å². The summed E-state index contributed by atoms with van der Waals surface area (Å²) in [7, 11) is 0. The number of hydrogen-bond acceptors (Lipinski definition) is 3. The quantitative estimate of drug-likeness (QED) is 0.576. The minimum absolute atomic E-state index is 0.0230. The van der Waals surface area contributed by atoms with Crippen molar-refractivity contribution < 1.29 is 9.53 Å². The van der Waals surface area contributed by atoms with Crippen molar-refractivity contribution in [1.29, 1.82) is 0 Å². The van der Waals surface area contributed by atoms with E-state index in [2.05, 4.69) is 24.7 Å². The lowest BCUT2D eigenvalue weighted by Crippen LogP contribution is -2.10. The third-order valence-electron chi connectivity index (χ3n) is 1.74. The molecule has 1 aromatic heterocycles. The largest absolute Gasteiger partial charge is 0.483 e. The number of halogens is 1. The van der Waals surface area contributed by atoms with Gasteiger partial charge in [0.05, 0.1) is 0 Å². The molecule has 92 valence electrons. The molecule has 0 aliphatic rings. The molecule has 0 radical (unpaired) electrons. The van der Waals surface area contributed by atoms with Gasteiger partial charge in [-0.25, -0.2) is 4.98 Å². The van der Waals surface area contributed by atoms with Crippen molar-refractivity contribution in [3.8, 4) is 5.75 Å². The Labute approximate surface area is 107 Å². The molecule has 0 bridgehead atoms. The number of pyridine rings is 1. The normalized spacial score (nSPS) is 8.76. The number of hydrogen-bond donors (Lipinski definition) is 0. The molecule has 0 aliphatic carbocycles. The summed E-state index contributed by atoms with van der Waals surface area (Å²) in [6, 6.07) is 3.38. The molecule has 0 saturated heterocycles. The van der Waals surface area contributed by atoms with E-state index in [0.29, 0.717) is 18.6 Å². The molecule has 1 rings (SSSR count). The van der Waals surface area contributed by atoms with Crippen molar-refractivity contribution in [2.45, 2.75) is 12.8 Å². The molecule has 0 fully saturated rings. The fourth-order valence-corrected chi connectivity index (χ4v) is 1.15. The molecule has 17 heavy (non-hydrogen) atoms. The first kappa shape index (κ1) is 15.4. The van der Waals surface area contributed by atoms with Gasteiger partial charge < -0.3 is 4.74 Å². The number of Topliss-reactive ketones (excluding diaryl/α,β-unsaturated/α-hetero) is 1. The number of carbonyl (C=O) groups excluding carboxylic acids is 1. The molecule has 3 nitrogen and oxygen atoms in total. The van der Waals surface area contributed by atoms with Crippen LogP contribution in [0.2, 0.25) is 5.15 Å². The Kier molecular flexibility index (Phi) is 8.69. The molecule has 1 aromatic rings.